The molecule has 0 saturated heterocycles. The van der Waals surface area contributed by atoms with Gasteiger partial charge in [-0.05, 0) is 12.8 Å². The highest BCUT2D eigenvalue weighted by molar-refractivity contribution is 7.10. The van der Waals surface area contributed by atoms with Crippen LogP contribution < -0.4 is 10.6 Å². The third-order valence-electron chi connectivity index (χ3n) is 2.54. The number of aromatic nitrogens is 2. The largest absolute Gasteiger partial charge is 0.335 e. The van der Waals surface area contributed by atoms with E-state index in [9.17, 15) is 4.79 Å². The molecule has 2 N–H and O–H groups in total. The van der Waals surface area contributed by atoms with Crippen molar-refractivity contribution in [3.05, 3.63) is 6.20 Å². The summed E-state index contributed by atoms with van der Waals surface area (Å²) in [6.45, 7) is 0. The van der Waals surface area contributed by atoms with Crippen LogP contribution in [0.4, 0.5) is 9.80 Å². The van der Waals surface area contributed by atoms with Gasteiger partial charge in [-0.15, -0.1) is 5.10 Å². The van der Waals surface area contributed by atoms with Crippen LogP contribution in [0.3, 0.4) is 0 Å². The fourth-order valence-electron chi connectivity index (χ4n) is 1.80. The van der Waals surface area contributed by atoms with E-state index in [1.165, 1.54) is 30.8 Å². The molecule has 0 spiro atoms. The second kappa shape index (κ2) is 5.06. The van der Waals surface area contributed by atoms with Gasteiger partial charge < -0.3 is 5.32 Å². The van der Waals surface area contributed by atoms with E-state index in [4.69, 9.17) is 0 Å². The molecule has 0 unspecified atom stereocenters. The van der Waals surface area contributed by atoms with Gasteiger partial charge >= 0.3 is 6.03 Å². The number of urea groups is 1. The van der Waals surface area contributed by atoms with Gasteiger partial charge in [0.05, 0.1) is 6.20 Å². The average molecular weight is 226 g/mol. The monoisotopic (exact) mass is 226 g/mol. The molecule has 0 atom stereocenters. The molecule has 1 heterocycles. The average Bonchev–Trinajstić information content (AvgIpc) is 2.71. The SMILES string of the molecule is O=C(Nc1cnns1)NC1CCCCC1. The highest BCUT2D eigenvalue weighted by Crippen LogP contribution is 2.17. The van der Waals surface area contributed by atoms with Gasteiger partial charge in [-0.2, -0.15) is 0 Å². The Bertz CT molecular complexity index is 308. The van der Waals surface area contributed by atoms with Crippen LogP contribution >= 0.6 is 11.5 Å². The number of nitrogens with zero attached hydrogens (tertiary/aromatic N) is 2. The Hall–Kier alpha value is -1.17. The number of hydrogen-bond acceptors (Lipinski definition) is 4. The van der Waals surface area contributed by atoms with Gasteiger partial charge in [0.1, 0.15) is 5.00 Å². The number of nitrogens with one attached hydrogen (secondary N) is 2. The van der Waals surface area contributed by atoms with Gasteiger partial charge in [-0.25, -0.2) is 4.79 Å². The van der Waals surface area contributed by atoms with Gasteiger partial charge in [0.25, 0.3) is 0 Å². The third kappa shape index (κ3) is 3.16. The fourth-order valence-corrected chi connectivity index (χ4v) is 2.22. The lowest BCUT2D eigenvalue weighted by atomic mass is 9.96. The van der Waals surface area contributed by atoms with Crippen molar-refractivity contribution in [3.63, 3.8) is 0 Å². The molecule has 1 aliphatic carbocycles. The Morgan fingerprint density at radius 2 is 2.20 bits per heavy atom. The molecule has 15 heavy (non-hydrogen) atoms. The Morgan fingerprint density at radius 1 is 1.40 bits per heavy atom. The van der Waals surface area contributed by atoms with Crippen LogP contribution in [0, 0.1) is 0 Å². The molecule has 0 aliphatic heterocycles. The van der Waals surface area contributed by atoms with Crippen LogP contribution in [0.1, 0.15) is 32.1 Å². The molecule has 1 fully saturated rings. The highest BCUT2D eigenvalue weighted by atomic mass is 32.1. The van der Waals surface area contributed by atoms with E-state index >= 15 is 0 Å². The van der Waals surface area contributed by atoms with Crippen molar-refractivity contribution in [3.8, 4) is 0 Å². The smallest absolute Gasteiger partial charge is 0.320 e. The van der Waals surface area contributed by atoms with Gasteiger partial charge in [-0.3, -0.25) is 5.32 Å². The molecule has 1 aromatic rings. The van der Waals surface area contributed by atoms with E-state index in [1.807, 2.05) is 0 Å². The number of carbonyl (C=O) groups excluding carboxylic acids is 1. The van der Waals surface area contributed by atoms with Crippen molar-refractivity contribution >= 4 is 22.6 Å². The predicted molar refractivity (Wildman–Crippen MR) is 58.9 cm³/mol. The molecular weight excluding hydrogens is 212 g/mol. The summed E-state index contributed by atoms with van der Waals surface area (Å²) in [5.41, 5.74) is 0. The minimum Gasteiger partial charge on any atom is -0.335 e. The van der Waals surface area contributed by atoms with E-state index in [-0.39, 0.29) is 6.03 Å². The van der Waals surface area contributed by atoms with Gasteiger partial charge in [0, 0.05) is 17.6 Å². The van der Waals surface area contributed by atoms with Crippen molar-refractivity contribution in [2.45, 2.75) is 38.1 Å². The first-order valence-electron chi connectivity index (χ1n) is 5.19. The number of hydrogen-bond donors (Lipinski definition) is 2. The summed E-state index contributed by atoms with van der Waals surface area (Å²) in [5.74, 6) is 0. The zero-order valence-corrected chi connectivity index (χ0v) is 9.22. The van der Waals surface area contributed by atoms with E-state index in [0.717, 1.165) is 12.8 Å². The van der Waals surface area contributed by atoms with E-state index in [1.54, 1.807) is 6.20 Å². The highest BCUT2D eigenvalue weighted by Gasteiger charge is 2.15. The molecule has 82 valence electrons. The molecule has 1 aromatic heterocycles. The van der Waals surface area contributed by atoms with Crippen LogP contribution in [0.5, 0.6) is 0 Å². The summed E-state index contributed by atoms with van der Waals surface area (Å²) in [4.78, 5) is 11.5. The predicted octanol–water partition coefficient (Wildman–Crippen LogP) is 1.99. The first-order chi connectivity index (χ1) is 7.34. The van der Waals surface area contributed by atoms with E-state index < -0.39 is 0 Å². The van der Waals surface area contributed by atoms with Crippen LogP contribution in [0.15, 0.2) is 6.20 Å². The van der Waals surface area contributed by atoms with Crippen LogP contribution in [0.2, 0.25) is 0 Å². The lowest BCUT2D eigenvalue weighted by Crippen LogP contribution is -2.38. The topological polar surface area (TPSA) is 66.9 Å². The molecular formula is C9H14N4OS. The quantitative estimate of drug-likeness (QED) is 0.810. The molecule has 0 aromatic carbocycles. The van der Waals surface area contributed by atoms with Crippen LogP contribution in [0.25, 0.3) is 0 Å². The van der Waals surface area contributed by atoms with Crippen molar-refractivity contribution in [2.24, 2.45) is 0 Å². The number of anilines is 1. The minimum absolute atomic E-state index is 0.145. The third-order valence-corrected chi connectivity index (χ3v) is 3.12. The molecule has 0 radical (unpaired) electrons. The molecule has 2 amide bonds. The van der Waals surface area contributed by atoms with E-state index in [0.29, 0.717) is 11.0 Å². The van der Waals surface area contributed by atoms with Crippen molar-refractivity contribution in [1.82, 2.24) is 14.9 Å². The van der Waals surface area contributed by atoms with E-state index in [2.05, 4.69) is 20.2 Å². The van der Waals surface area contributed by atoms with Crippen molar-refractivity contribution in [2.75, 3.05) is 5.32 Å². The summed E-state index contributed by atoms with van der Waals surface area (Å²) in [6, 6.07) is 0.188. The first-order valence-corrected chi connectivity index (χ1v) is 5.97. The molecule has 1 saturated carbocycles. The van der Waals surface area contributed by atoms with Gasteiger partial charge in [-0.1, -0.05) is 23.8 Å². The molecule has 0 bridgehead atoms. The molecule has 6 heteroatoms. The van der Waals surface area contributed by atoms with Crippen LogP contribution in [-0.2, 0) is 0 Å². The molecule has 5 nitrogen and oxygen atoms in total. The standard InChI is InChI=1S/C9H14N4OS/c14-9(12-8-6-10-13-15-8)11-7-4-2-1-3-5-7/h6-7H,1-5H2,(H2,11,12,14). The van der Waals surface area contributed by atoms with Gasteiger partial charge in [0.2, 0.25) is 0 Å². The second-order valence-electron chi connectivity index (χ2n) is 3.72. The fraction of sp³-hybridized carbons (Fsp3) is 0.667. The zero-order chi connectivity index (χ0) is 10.5. The maximum absolute atomic E-state index is 11.5. The summed E-state index contributed by atoms with van der Waals surface area (Å²) in [5, 5.41) is 10.0. The summed E-state index contributed by atoms with van der Waals surface area (Å²) in [6.07, 6.45) is 7.45. The molecule has 1 aliphatic rings. The maximum Gasteiger partial charge on any atom is 0.320 e. The second-order valence-corrected chi connectivity index (χ2v) is 4.50. The Kier molecular flexibility index (Phi) is 3.49. The normalized spacial score (nSPS) is 17.3. The van der Waals surface area contributed by atoms with Gasteiger partial charge in [0.15, 0.2) is 0 Å². The van der Waals surface area contributed by atoms with Crippen molar-refractivity contribution in [1.29, 1.82) is 0 Å². The zero-order valence-electron chi connectivity index (χ0n) is 8.40. The summed E-state index contributed by atoms with van der Waals surface area (Å²) in [7, 11) is 0. The minimum atomic E-state index is -0.145. The maximum atomic E-state index is 11.5. The Balaban J connectivity index is 1.76. The number of carbonyl (C=O) groups is 1. The Labute approximate surface area is 92.4 Å². The number of amides is 2. The van der Waals surface area contributed by atoms with Crippen LogP contribution in [-0.4, -0.2) is 21.7 Å². The Morgan fingerprint density at radius 3 is 2.87 bits per heavy atom. The first kappa shape index (κ1) is 10.4. The lowest BCUT2D eigenvalue weighted by molar-refractivity contribution is 0.244. The number of rotatable bonds is 2. The molecule has 2 rings (SSSR count). The summed E-state index contributed by atoms with van der Waals surface area (Å²) < 4.78 is 3.67. The lowest BCUT2D eigenvalue weighted by Gasteiger charge is -2.22. The van der Waals surface area contributed by atoms with Crippen molar-refractivity contribution < 1.29 is 4.79 Å². The summed E-state index contributed by atoms with van der Waals surface area (Å²) >= 11 is 1.18.